The van der Waals surface area contributed by atoms with E-state index in [4.69, 9.17) is 5.73 Å². The summed E-state index contributed by atoms with van der Waals surface area (Å²) in [6, 6.07) is 4.01. The zero-order valence-electron chi connectivity index (χ0n) is 12.4. The molecule has 2 fully saturated rings. The fraction of sp³-hybridized carbons (Fsp3) is 0.625. The Morgan fingerprint density at radius 1 is 1.33 bits per heavy atom. The summed E-state index contributed by atoms with van der Waals surface area (Å²) in [6.45, 7) is 3.44. The summed E-state index contributed by atoms with van der Waals surface area (Å²) in [6.07, 6.45) is 7.10. The minimum atomic E-state index is 0. The molecule has 3 rings (SSSR count). The topological polar surface area (TPSA) is 59.2 Å². The van der Waals surface area contributed by atoms with E-state index in [0.717, 1.165) is 18.5 Å². The molecule has 2 aliphatic rings. The number of halogens is 1. The first-order chi connectivity index (χ1) is 9.70. The average Bonchev–Trinajstić information content (AvgIpc) is 3.06. The number of amides is 1. The van der Waals surface area contributed by atoms with Crippen LogP contribution in [0, 0.1) is 17.8 Å². The minimum absolute atomic E-state index is 0. The highest BCUT2D eigenvalue weighted by Crippen LogP contribution is 2.48. The van der Waals surface area contributed by atoms with Crippen molar-refractivity contribution >= 4 is 18.3 Å². The maximum absolute atomic E-state index is 12.8. The lowest BCUT2D eigenvalue weighted by Crippen LogP contribution is -2.46. The number of carbonyl (C=O) groups excluding carboxylic acids is 1. The Hall–Kier alpha value is -1.13. The van der Waals surface area contributed by atoms with E-state index in [1.807, 2.05) is 24.0 Å². The van der Waals surface area contributed by atoms with Gasteiger partial charge >= 0.3 is 0 Å². The van der Waals surface area contributed by atoms with Crippen molar-refractivity contribution in [2.24, 2.45) is 23.5 Å². The summed E-state index contributed by atoms with van der Waals surface area (Å²) >= 11 is 0. The van der Waals surface area contributed by atoms with Crippen molar-refractivity contribution in [1.29, 1.82) is 0 Å². The van der Waals surface area contributed by atoms with Gasteiger partial charge in [0.05, 0.1) is 5.92 Å². The van der Waals surface area contributed by atoms with E-state index >= 15 is 0 Å². The van der Waals surface area contributed by atoms with Crippen molar-refractivity contribution in [2.75, 3.05) is 6.54 Å². The SMILES string of the molecule is CCN(Cc1ccncc1)C(=O)C1C2CCC(C2)C1N.Cl. The van der Waals surface area contributed by atoms with Gasteiger partial charge in [-0.05, 0) is 55.7 Å². The number of rotatable bonds is 4. The largest absolute Gasteiger partial charge is 0.338 e. The monoisotopic (exact) mass is 309 g/mol. The minimum Gasteiger partial charge on any atom is -0.338 e. The molecule has 2 saturated carbocycles. The summed E-state index contributed by atoms with van der Waals surface area (Å²) in [7, 11) is 0. The number of hydrogen-bond acceptors (Lipinski definition) is 3. The maximum Gasteiger partial charge on any atom is 0.227 e. The normalized spacial score (nSPS) is 30.0. The van der Waals surface area contributed by atoms with Gasteiger partial charge in [0, 0.05) is 31.5 Å². The number of nitrogens with two attached hydrogens (primary N) is 1. The lowest BCUT2D eigenvalue weighted by molar-refractivity contribution is -0.138. The third-order valence-corrected chi connectivity index (χ3v) is 5.08. The van der Waals surface area contributed by atoms with Crippen molar-refractivity contribution in [1.82, 2.24) is 9.88 Å². The molecule has 4 unspecified atom stereocenters. The van der Waals surface area contributed by atoms with Crippen LogP contribution in [0.25, 0.3) is 0 Å². The Labute approximate surface area is 132 Å². The van der Waals surface area contributed by atoms with Gasteiger partial charge in [-0.25, -0.2) is 0 Å². The van der Waals surface area contributed by atoms with Crippen molar-refractivity contribution in [2.45, 2.75) is 38.8 Å². The third kappa shape index (κ3) is 3.06. The second-order valence-electron chi connectivity index (χ2n) is 6.14. The summed E-state index contributed by atoms with van der Waals surface area (Å²) in [5.41, 5.74) is 7.42. The van der Waals surface area contributed by atoms with Gasteiger partial charge in [-0.2, -0.15) is 0 Å². The van der Waals surface area contributed by atoms with Crippen molar-refractivity contribution in [3.63, 3.8) is 0 Å². The first kappa shape index (κ1) is 16.2. The molecule has 1 aromatic heterocycles. The molecule has 0 spiro atoms. The zero-order chi connectivity index (χ0) is 14.1. The Balaban J connectivity index is 0.00000161. The summed E-state index contributed by atoms with van der Waals surface area (Å²) in [4.78, 5) is 18.8. The van der Waals surface area contributed by atoms with E-state index in [-0.39, 0.29) is 30.3 Å². The van der Waals surface area contributed by atoms with Gasteiger partial charge in [0.15, 0.2) is 0 Å². The molecule has 0 radical (unpaired) electrons. The number of aromatic nitrogens is 1. The van der Waals surface area contributed by atoms with Crippen LogP contribution in [0.4, 0.5) is 0 Å². The molecule has 21 heavy (non-hydrogen) atoms. The van der Waals surface area contributed by atoms with Crippen LogP contribution >= 0.6 is 12.4 Å². The standard InChI is InChI=1S/C16H23N3O.ClH/c1-2-19(10-11-5-7-18-8-6-11)16(20)14-12-3-4-13(9-12)15(14)17;/h5-8,12-15H,2-4,9-10,17H2,1H3;1H. The van der Waals surface area contributed by atoms with Crippen LogP contribution < -0.4 is 5.73 Å². The van der Waals surface area contributed by atoms with E-state index in [1.54, 1.807) is 12.4 Å². The summed E-state index contributed by atoms with van der Waals surface area (Å²) in [5.74, 6) is 1.40. The van der Waals surface area contributed by atoms with Gasteiger partial charge in [0.2, 0.25) is 5.91 Å². The van der Waals surface area contributed by atoms with Gasteiger partial charge in [-0.1, -0.05) is 0 Å². The molecule has 1 heterocycles. The number of hydrogen-bond donors (Lipinski definition) is 1. The van der Waals surface area contributed by atoms with E-state index in [9.17, 15) is 4.79 Å². The second-order valence-corrected chi connectivity index (χ2v) is 6.14. The average molecular weight is 310 g/mol. The van der Waals surface area contributed by atoms with Gasteiger partial charge in [-0.15, -0.1) is 12.4 Å². The smallest absolute Gasteiger partial charge is 0.227 e. The van der Waals surface area contributed by atoms with Crippen molar-refractivity contribution < 1.29 is 4.79 Å². The quantitative estimate of drug-likeness (QED) is 0.928. The van der Waals surface area contributed by atoms with Crippen LogP contribution in [0.3, 0.4) is 0 Å². The molecular weight excluding hydrogens is 286 g/mol. The fourth-order valence-electron chi connectivity index (χ4n) is 3.97. The highest BCUT2D eigenvalue weighted by molar-refractivity contribution is 5.85. The molecule has 0 aliphatic heterocycles. The van der Waals surface area contributed by atoms with Crippen LogP contribution in [-0.2, 0) is 11.3 Å². The molecule has 2 aliphatic carbocycles. The van der Waals surface area contributed by atoms with Crippen LogP contribution in [-0.4, -0.2) is 28.4 Å². The molecule has 2 bridgehead atoms. The molecule has 116 valence electrons. The molecule has 4 nitrogen and oxygen atoms in total. The number of carbonyl (C=O) groups is 1. The fourth-order valence-corrected chi connectivity index (χ4v) is 3.97. The highest BCUT2D eigenvalue weighted by Gasteiger charge is 2.49. The summed E-state index contributed by atoms with van der Waals surface area (Å²) in [5, 5.41) is 0. The molecule has 1 aromatic rings. The molecule has 5 heteroatoms. The Kier molecular flexibility index (Phi) is 5.22. The van der Waals surface area contributed by atoms with Crippen molar-refractivity contribution in [3.8, 4) is 0 Å². The first-order valence-corrected chi connectivity index (χ1v) is 7.64. The zero-order valence-corrected chi connectivity index (χ0v) is 13.3. The van der Waals surface area contributed by atoms with Gasteiger partial charge < -0.3 is 10.6 Å². The van der Waals surface area contributed by atoms with Crippen LogP contribution in [0.15, 0.2) is 24.5 Å². The van der Waals surface area contributed by atoms with E-state index < -0.39 is 0 Å². The molecule has 4 atom stereocenters. The molecule has 1 amide bonds. The predicted molar refractivity (Wildman–Crippen MR) is 84.9 cm³/mol. The Bertz CT molecular complexity index is 480. The third-order valence-electron chi connectivity index (χ3n) is 5.08. The van der Waals surface area contributed by atoms with Crippen molar-refractivity contribution in [3.05, 3.63) is 30.1 Å². The number of fused-ring (bicyclic) bond motifs is 2. The van der Waals surface area contributed by atoms with Gasteiger partial charge in [0.1, 0.15) is 0 Å². The van der Waals surface area contributed by atoms with E-state index in [2.05, 4.69) is 4.98 Å². The van der Waals surface area contributed by atoms with Crippen LogP contribution in [0.2, 0.25) is 0 Å². The number of pyridine rings is 1. The molecule has 2 N–H and O–H groups in total. The Morgan fingerprint density at radius 3 is 2.57 bits per heavy atom. The first-order valence-electron chi connectivity index (χ1n) is 7.64. The predicted octanol–water partition coefficient (Wildman–Crippen LogP) is 2.23. The molecule has 0 saturated heterocycles. The van der Waals surface area contributed by atoms with E-state index in [0.29, 0.717) is 18.4 Å². The second kappa shape index (κ2) is 6.75. The summed E-state index contributed by atoms with van der Waals surface area (Å²) < 4.78 is 0. The van der Waals surface area contributed by atoms with Crippen LogP contribution in [0.5, 0.6) is 0 Å². The maximum atomic E-state index is 12.8. The van der Waals surface area contributed by atoms with Gasteiger partial charge in [-0.3, -0.25) is 9.78 Å². The lowest BCUT2D eigenvalue weighted by atomic mass is 9.84. The number of nitrogens with zero attached hydrogens (tertiary/aromatic N) is 2. The Morgan fingerprint density at radius 2 is 2.00 bits per heavy atom. The molecule has 0 aromatic carbocycles. The highest BCUT2D eigenvalue weighted by atomic mass is 35.5. The van der Waals surface area contributed by atoms with E-state index in [1.165, 1.54) is 12.8 Å². The van der Waals surface area contributed by atoms with Crippen LogP contribution in [0.1, 0.15) is 31.7 Å². The van der Waals surface area contributed by atoms with Gasteiger partial charge in [0.25, 0.3) is 0 Å². The lowest BCUT2D eigenvalue weighted by Gasteiger charge is -2.32. The molecular formula is C16H24ClN3O.